The third-order valence-electron chi connectivity index (χ3n) is 2.72. The molecule has 1 aromatic carbocycles. The van der Waals surface area contributed by atoms with E-state index in [-0.39, 0.29) is 22.6 Å². The van der Waals surface area contributed by atoms with Crippen LogP contribution in [0.5, 0.6) is 0 Å². The number of aromatic carboxylic acids is 1. The molecular weight excluding hydrogens is 298 g/mol. The van der Waals surface area contributed by atoms with Gasteiger partial charge in [0.25, 0.3) is 0 Å². The predicted molar refractivity (Wildman–Crippen MR) is 76.3 cm³/mol. The molecule has 0 heterocycles. The minimum atomic E-state index is -3.96. The monoisotopic (exact) mass is 315 g/mol. The van der Waals surface area contributed by atoms with Crippen LogP contribution < -0.4 is 16.2 Å². The molecule has 0 fully saturated rings. The summed E-state index contributed by atoms with van der Waals surface area (Å²) in [6.07, 6.45) is 1.47. The molecule has 9 heteroatoms. The van der Waals surface area contributed by atoms with Gasteiger partial charge in [0.15, 0.2) is 0 Å². The van der Waals surface area contributed by atoms with Crippen LogP contribution >= 0.6 is 0 Å². The van der Waals surface area contributed by atoms with Crippen molar-refractivity contribution in [1.82, 2.24) is 0 Å². The third kappa shape index (κ3) is 5.40. The zero-order valence-corrected chi connectivity index (χ0v) is 12.0. The van der Waals surface area contributed by atoms with E-state index in [9.17, 15) is 18.0 Å². The first-order valence-electron chi connectivity index (χ1n) is 6.14. The average Bonchev–Trinajstić information content (AvgIpc) is 2.36. The SMILES string of the molecule is NC(=O)CCCCNc1ccc(S(N)(=O)=O)cc1C(=O)O. The Bertz CT molecular complexity index is 642. The number of hydrogen-bond acceptors (Lipinski definition) is 5. The van der Waals surface area contributed by atoms with Crippen molar-refractivity contribution in [1.29, 1.82) is 0 Å². The number of benzene rings is 1. The second-order valence-electron chi connectivity index (χ2n) is 4.41. The smallest absolute Gasteiger partial charge is 0.337 e. The highest BCUT2D eigenvalue weighted by Crippen LogP contribution is 2.20. The Balaban J connectivity index is 2.78. The molecule has 116 valence electrons. The van der Waals surface area contributed by atoms with Crippen molar-refractivity contribution < 1.29 is 23.1 Å². The highest BCUT2D eigenvalue weighted by molar-refractivity contribution is 7.89. The highest BCUT2D eigenvalue weighted by Gasteiger charge is 2.15. The van der Waals surface area contributed by atoms with Gasteiger partial charge in [-0.15, -0.1) is 0 Å². The number of carbonyl (C=O) groups is 2. The Labute approximate surface area is 122 Å². The first-order chi connectivity index (χ1) is 9.71. The number of unbranched alkanes of at least 4 members (excludes halogenated alkanes) is 1. The predicted octanol–water partition coefficient (Wildman–Crippen LogP) is 0.0997. The van der Waals surface area contributed by atoms with E-state index in [1.165, 1.54) is 12.1 Å². The van der Waals surface area contributed by atoms with Crippen LogP contribution in [0.4, 0.5) is 5.69 Å². The number of carboxylic acids is 1. The van der Waals surface area contributed by atoms with Gasteiger partial charge in [0.1, 0.15) is 0 Å². The van der Waals surface area contributed by atoms with Gasteiger partial charge in [-0.2, -0.15) is 0 Å². The van der Waals surface area contributed by atoms with E-state index in [0.29, 0.717) is 19.4 Å². The second kappa shape index (κ2) is 7.04. The molecule has 0 aliphatic carbocycles. The summed E-state index contributed by atoms with van der Waals surface area (Å²) in [7, 11) is -3.96. The number of hydrogen-bond donors (Lipinski definition) is 4. The van der Waals surface area contributed by atoms with E-state index in [2.05, 4.69) is 5.32 Å². The topological polar surface area (TPSA) is 153 Å². The van der Waals surface area contributed by atoms with Crippen LogP contribution in [-0.4, -0.2) is 31.9 Å². The van der Waals surface area contributed by atoms with Crippen molar-refractivity contribution in [3.8, 4) is 0 Å². The number of carboxylic acid groups (broad SMARTS) is 1. The standard InChI is InChI=1S/C12H17N3O5S/c13-11(16)3-1-2-6-15-10-5-4-8(21(14,19)20)7-9(10)12(17)18/h4-5,7,15H,1-3,6H2,(H2,13,16)(H,17,18)(H2,14,19,20). The zero-order chi connectivity index (χ0) is 16.0. The number of amides is 1. The maximum absolute atomic E-state index is 11.2. The quantitative estimate of drug-likeness (QED) is 0.499. The molecule has 0 unspecified atom stereocenters. The summed E-state index contributed by atoms with van der Waals surface area (Å²) < 4.78 is 22.4. The molecule has 0 aliphatic rings. The summed E-state index contributed by atoms with van der Waals surface area (Å²) >= 11 is 0. The van der Waals surface area contributed by atoms with Gasteiger partial charge < -0.3 is 16.2 Å². The van der Waals surface area contributed by atoms with E-state index in [1.54, 1.807) is 0 Å². The minimum absolute atomic E-state index is 0.184. The summed E-state index contributed by atoms with van der Waals surface area (Å²) in [4.78, 5) is 21.4. The van der Waals surface area contributed by atoms with Crippen LogP contribution in [0.3, 0.4) is 0 Å². The van der Waals surface area contributed by atoms with Gasteiger partial charge in [-0.05, 0) is 31.0 Å². The largest absolute Gasteiger partial charge is 0.478 e. The number of primary amides is 1. The molecule has 8 nitrogen and oxygen atoms in total. The lowest BCUT2D eigenvalue weighted by molar-refractivity contribution is -0.118. The molecule has 6 N–H and O–H groups in total. The Hall–Kier alpha value is -2.13. The van der Waals surface area contributed by atoms with Crippen molar-refractivity contribution in [2.24, 2.45) is 10.9 Å². The molecular formula is C12H17N3O5S. The summed E-state index contributed by atoms with van der Waals surface area (Å²) in [5, 5.41) is 16.9. The van der Waals surface area contributed by atoms with Crippen LogP contribution in [0.1, 0.15) is 29.6 Å². The summed E-state index contributed by atoms with van der Waals surface area (Å²) in [5.41, 5.74) is 5.10. The Morgan fingerprint density at radius 3 is 2.43 bits per heavy atom. The number of sulfonamides is 1. The zero-order valence-electron chi connectivity index (χ0n) is 11.2. The molecule has 0 spiro atoms. The molecule has 0 saturated heterocycles. The van der Waals surface area contributed by atoms with Crippen LogP contribution in [0.15, 0.2) is 23.1 Å². The molecule has 1 aromatic rings. The maximum Gasteiger partial charge on any atom is 0.337 e. The van der Waals surface area contributed by atoms with Gasteiger partial charge in [0.2, 0.25) is 15.9 Å². The van der Waals surface area contributed by atoms with Crippen molar-refractivity contribution in [2.75, 3.05) is 11.9 Å². The molecule has 21 heavy (non-hydrogen) atoms. The molecule has 1 rings (SSSR count). The minimum Gasteiger partial charge on any atom is -0.478 e. The molecule has 0 saturated carbocycles. The van der Waals surface area contributed by atoms with E-state index in [0.717, 1.165) is 6.07 Å². The number of nitrogens with one attached hydrogen (secondary N) is 1. The van der Waals surface area contributed by atoms with Crippen LogP contribution in [0.25, 0.3) is 0 Å². The summed E-state index contributed by atoms with van der Waals surface area (Å²) in [5.74, 6) is -1.65. The van der Waals surface area contributed by atoms with Crippen molar-refractivity contribution >= 4 is 27.6 Å². The first-order valence-corrected chi connectivity index (χ1v) is 7.69. The van der Waals surface area contributed by atoms with Crippen molar-refractivity contribution in [3.63, 3.8) is 0 Å². The third-order valence-corrected chi connectivity index (χ3v) is 3.63. The molecule has 0 radical (unpaired) electrons. The number of nitrogens with two attached hydrogens (primary N) is 2. The van der Waals surface area contributed by atoms with Crippen molar-refractivity contribution in [3.05, 3.63) is 23.8 Å². The fourth-order valence-corrected chi connectivity index (χ4v) is 2.22. The Morgan fingerprint density at radius 2 is 1.90 bits per heavy atom. The number of rotatable bonds is 8. The highest BCUT2D eigenvalue weighted by atomic mass is 32.2. The molecule has 0 aliphatic heterocycles. The first kappa shape index (κ1) is 16.9. The number of carbonyl (C=O) groups excluding carboxylic acids is 1. The van der Waals surface area contributed by atoms with Crippen LogP contribution in [0, 0.1) is 0 Å². The molecule has 0 aromatic heterocycles. The molecule has 0 bridgehead atoms. The summed E-state index contributed by atoms with van der Waals surface area (Å²) in [6, 6.07) is 3.58. The fraction of sp³-hybridized carbons (Fsp3) is 0.333. The maximum atomic E-state index is 11.2. The number of anilines is 1. The summed E-state index contributed by atoms with van der Waals surface area (Å²) in [6.45, 7) is 0.433. The van der Waals surface area contributed by atoms with E-state index in [1.807, 2.05) is 0 Å². The fourth-order valence-electron chi connectivity index (χ4n) is 1.68. The second-order valence-corrected chi connectivity index (χ2v) is 5.97. The van der Waals surface area contributed by atoms with Gasteiger partial charge in [-0.1, -0.05) is 0 Å². The van der Waals surface area contributed by atoms with Crippen LogP contribution in [-0.2, 0) is 14.8 Å². The number of primary sulfonamides is 1. The average molecular weight is 315 g/mol. The van der Waals surface area contributed by atoms with Gasteiger partial charge in [-0.25, -0.2) is 18.4 Å². The van der Waals surface area contributed by atoms with E-state index < -0.39 is 21.9 Å². The van der Waals surface area contributed by atoms with Crippen LogP contribution in [0.2, 0.25) is 0 Å². The molecule has 1 amide bonds. The van der Waals surface area contributed by atoms with Gasteiger partial charge >= 0.3 is 5.97 Å². The lowest BCUT2D eigenvalue weighted by Gasteiger charge is -2.10. The van der Waals surface area contributed by atoms with E-state index >= 15 is 0 Å². The van der Waals surface area contributed by atoms with Crippen molar-refractivity contribution in [2.45, 2.75) is 24.2 Å². The van der Waals surface area contributed by atoms with E-state index in [4.69, 9.17) is 16.0 Å². The Kier molecular flexibility index (Phi) is 5.68. The lowest BCUT2D eigenvalue weighted by Crippen LogP contribution is -2.15. The van der Waals surface area contributed by atoms with Gasteiger partial charge in [0, 0.05) is 18.7 Å². The molecule has 0 atom stereocenters. The van der Waals surface area contributed by atoms with Gasteiger partial charge in [0.05, 0.1) is 10.5 Å². The Morgan fingerprint density at radius 1 is 1.24 bits per heavy atom. The normalized spacial score (nSPS) is 11.1. The lowest BCUT2D eigenvalue weighted by atomic mass is 10.1. The van der Waals surface area contributed by atoms with Gasteiger partial charge in [-0.3, -0.25) is 4.79 Å².